The number of nitrogens with one attached hydrogen (secondary N) is 1. The van der Waals surface area contributed by atoms with E-state index in [0.717, 1.165) is 11.3 Å². The molecule has 0 bridgehead atoms. The molecule has 0 saturated carbocycles. The molecule has 2 aromatic rings. The van der Waals surface area contributed by atoms with Crippen LogP contribution in [-0.2, 0) is 7.05 Å². The summed E-state index contributed by atoms with van der Waals surface area (Å²) < 4.78 is 1.69. The molecule has 0 unspecified atom stereocenters. The molecule has 21 heavy (non-hydrogen) atoms. The molecule has 1 heterocycles. The Morgan fingerprint density at radius 3 is 2.57 bits per heavy atom. The molecule has 0 aliphatic rings. The number of rotatable bonds is 4. The minimum Gasteiger partial charge on any atom is -0.478 e. The smallest absolute Gasteiger partial charge is 0.335 e. The Labute approximate surface area is 122 Å². The maximum atomic E-state index is 12.2. The predicted molar refractivity (Wildman–Crippen MR) is 77.2 cm³/mol. The van der Waals surface area contributed by atoms with E-state index in [-0.39, 0.29) is 17.5 Å². The minimum absolute atomic E-state index is 0.0906. The molecule has 2 N–H and O–H groups in total. The lowest BCUT2D eigenvalue weighted by molar-refractivity contribution is 0.0697. The molecule has 1 aromatic heterocycles. The van der Waals surface area contributed by atoms with Crippen LogP contribution in [0.2, 0.25) is 0 Å². The van der Waals surface area contributed by atoms with Crippen molar-refractivity contribution in [2.45, 2.75) is 19.9 Å². The second kappa shape index (κ2) is 5.78. The van der Waals surface area contributed by atoms with Crippen LogP contribution >= 0.6 is 0 Å². The lowest BCUT2D eigenvalue weighted by atomic mass is 10.1. The Morgan fingerprint density at radius 1 is 1.33 bits per heavy atom. The second-order valence-corrected chi connectivity index (χ2v) is 4.92. The van der Waals surface area contributed by atoms with Gasteiger partial charge in [-0.1, -0.05) is 6.07 Å². The second-order valence-electron chi connectivity index (χ2n) is 4.92. The van der Waals surface area contributed by atoms with Crippen molar-refractivity contribution in [2.24, 2.45) is 7.05 Å². The monoisotopic (exact) mass is 287 g/mol. The van der Waals surface area contributed by atoms with E-state index >= 15 is 0 Å². The summed E-state index contributed by atoms with van der Waals surface area (Å²) in [5, 5.41) is 16.0. The van der Waals surface area contributed by atoms with Gasteiger partial charge in [-0.25, -0.2) is 4.79 Å². The highest BCUT2D eigenvalue weighted by atomic mass is 16.4. The number of benzene rings is 1. The summed E-state index contributed by atoms with van der Waals surface area (Å²) in [6.45, 7) is 3.74. The first-order chi connectivity index (χ1) is 9.88. The van der Waals surface area contributed by atoms with Crippen LogP contribution in [0.4, 0.5) is 0 Å². The van der Waals surface area contributed by atoms with Gasteiger partial charge >= 0.3 is 5.97 Å². The number of carboxylic acids is 1. The molecule has 6 nitrogen and oxygen atoms in total. The van der Waals surface area contributed by atoms with Crippen molar-refractivity contribution in [1.29, 1.82) is 0 Å². The first-order valence-corrected chi connectivity index (χ1v) is 6.53. The highest BCUT2D eigenvalue weighted by molar-refractivity contribution is 5.97. The van der Waals surface area contributed by atoms with Crippen molar-refractivity contribution in [3.05, 3.63) is 52.8 Å². The molecule has 0 radical (unpaired) electrons. The van der Waals surface area contributed by atoms with Gasteiger partial charge in [-0.15, -0.1) is 0 Å². The number of hydrogen-bond donors (Lipinski definition) is 2. The van der Waals surface area contributed by atoms with Gasteiger partial charge in [-0.05, 0) is 32.0 Å². The van der Waals surface area contributed by atoms with Crippen LogP contribution in [0.15, 0.2) is 30.5 Å². The highest BCUT2D eigenvalue weighted by Gasteiger charge is 2.16. The van der Waals surface area contributed by atoms with Gasteiger partial charge in [0.25, 0.3) is 5.91 Å². The summed E-state index contributed by atoms with van der Waals surface area (Å²) in [5.41, 5.74) is 2.20. The summed E-state index contributed by atoms with van der Waals surface area (Å²) in [6.07, 6.45) is 1.86. The summed E-state index contributed by atoms with van der Waals surface area (Å²) in [7, 11) is 1.82. The average molecular weight is 287 g/mol. The number of hydrogen-bond acceptors (Lipinski definition) is 3. The zero-order chi connectivity index (χ0) is 15.6. The molecular formula is C15H17N3O3. The Hall–Kier alpha value is -2.63. The third-order valence-electron chi connectivity index (χ3n) is 3.24. The van der Waals surface area contributed by atoms with Gasteiger partial charge < -0.3 is 10.4 Å². The standard InChI is InChI=1S/C15H17N3O3/c1-9(13-8-18(3)17-10(13)2)16-14(19)11-5-4-6-12(7-11)15(20)21/h4-9H,1-3H3,(H,16,19)(H,20,21)/t9-/m0/s1. The third-order valence-corrected chi connectivity index (χ3v) is 3.24. The Bertz CT molecular complexity index is 691. The number of aryl methyl sites for hydroxylation is 2. The molecule has 0 aliphatic carbocycles. The van der Waals surface area contributed by atoms with Crippen molar-refractivity contribution in [3.63, 3.8) is 0 Å². The van der Waals surface area contributed by atoms with Gasteiger partial charge in [0, 0.05) is 24.4 Å². The quantitative estimate of drug-likeness (QED) is 0.899. The third kappa shape index (κ3) is 3.28. The van der Waals surface area contributed by atoms with Crippen molar-refractivity contribution in [3.8, 4) is 0 Å². The SMILES string of the molecule is Cc1nn(C)cc1[C@H](C)NC(=O)c1cccc(C(=O)O)c1. The maximum Gasteiger partial charge on any atom is 0.335 e. The van der Waals surface area contributed by atoms with E-state index in [1.165, 1.54) is 12.1 Å². The molecule has 1 amide bonds. The first-order valence-electron chi connectivity index (χ1n) is 6.53. The number of amides is 1. The summed E-state index contributed by atoms with van der Waals surface area (Å²) in [5.74, 6) is -1.37. The number of carboxylic acid groups (broad SMARTS) is 1. The van der Waals surface area contributed by atoms with Crippen LogP contribution in [0.1, 0.15) is 44.9 Å². The van der Waals surface area contributed by atoms with E-state index in [1.54, 1.807) is 16.8 Å². The lowest BCUT2D eigenvalue weighted by Gasteiger charge is -2.13. The molecule has 0 spiro atoms. The molecule has 110 valence electrons. The number of carbonyl (C=O) groups excluding carboxylic acids is 1. The van der Waals surface area contributed by atoms with Crippen LogP contribution in [0.5, 0.6) is 0 Å². The van der Waals surface area contributed by atoms with Crippen LogP contribution in [0.25, 0.3) is 0 Å². The predicted octanol–water partition coefficient (Wildman–Crippen LogP) is 1.92. The molecule has 0 fully saturated rings. The van der Waals surface area contributed by atoms with Crippen LogP contribution in [-0.4, -0.2) is 26.8 Å². The number of nitrogens with zero attached hydrogens (tertiary/aromatic N) is 2. The number of aromatic carboxylic acids is 1. The lowest BCUT2D eigenvalue weighted by Crippen LogP contribution is -2.27. The van der Waals surface area contributed by atoms with Crippen molar-refractivity contribution in [2.75, 3.05) is 0 Å². The molecule has 6 heteroatoms. The topological polar surface area (TPSA) is 84.2 Å². The number of carbonyl (C=O) groups is 2. The van der Waals surface area contributed by atoms with Gasteiger partial charge in [0.05, 0.1) is 17.3 Å². The summed E-state index contributed by atoms with van der Waals surface area (Å²) in [6, 6.07) is 5.75. The maximum absolute atomic E-state index is 12.2. The Kier molecular flexibility index (Phi) is 4.07. The van der Waals surface area contributed by atoms with Gasteiger partial charge in [0.15, 0.2) is 0 Å². The fourth-order valence-corrected chi connectivity index (χ4v) is 2.19. The van der Waals surface area contributed by atoms with Gasteiger partial charge in [-0.2, -0.15) is 5.10 Å². The van der Waals surface area contributed by atoms with E-state index in [2.05, 4.69) is 10.4 Å². The van der Waals surface area contributed by atoms with Crippen LogP contribution < -0.4 is 5.32 Å². The van der Waals surface area contributed by atoms with Crippen LogP contribution in [0.3, 0.4) is 0 Å². The Balaban J connectivity index is 2.16. The van der Waals surface area contributed by atoms with E-state index in [0.29, 0.717) is 5.56 Å². The summed E-state index contributed by atoms with van der Waals surface area (Å²) >= 11 is 0. The molecular weight excluding hydrogens is 270 g/mol. The highest BCUT2D eigenvalue weighted by Crippen LogP contribution is 2.16. The fourth-order valence-electron chi connectivity index (χ4n) is 2.19. The normalized spacial score (nSPS) is 12.0. The van der Waals surface area contributed by atoms with E-state index in [1.807, 2.05) is 27.1 Å². The van der Waals surface area contributed by atoms with Crippen LogP contribution in [0, 0.1) is 6.92 Å². The molecule has 1 atom stereocenters. The molecule has 0 aliphatic heterocycles. The van der Waals surface area contributed by atoms with Gasteiger partial charge in [0.1, 0.15) is 0 Å². The van der Waals surface area contributed by atoms with E-state index in [4.69, 9.17) is 5.11 Å². The minimum atomic E-state index is -1.05. The first kappa shape index (κ1) is 14.8. The average Bonchev–Trinajstić information content (AvgIpc) is 2.77. The van der Waals surface area contributed by atoms with Crippen molar-refractivity contribution >= 4 is 11.9 Å². The van der Waals surface area contributed by atoms with E-state index < -0.39 is 5.97 Å². The molecule has 1 aromatic carbocycles. The molecule has 0 saturated heterocycles. The van der Waals surface area contributed by atoms with Gasteiger partial charge in [0.2, 0.25) is 0 Å². The van der Waals surface area contributed by atoms with Gasteiger partial charge in [-0.3, -0.25) is 9.48 Å². The van der Waals surface area contributed by atoms with Crippen molar-refractivity contribution < 1.29 is 14.7 Å². The number of aromatic nitrogens is 2. The Morgan fingerprint density at radius 2 is 2.00 bits per heavy atom. The van der Waals surface area contributed by atoms with E-state index in [9.17, 15) is 9.59 Å². The molecule has 2 rings (SSSR count). The zero-order valence-electron chi connectivity index (χ0n) is 12.1. The largest absolute Gasteiger partial charge is 0.478 e. The zero-order valence-corrected chi connectivity index (χ0v) is 12.1. The summed E-state index contributed by atoms with van der Waals surface area (Å²) in [4.78, 5) is 23.1. The van der Waals surface area contributed by atoms with Crippen molar-refractivity contribution in [1.82, 2.24) is 15.1 Å². The fraction of sp³-hybridized carbons (Fsp3) is 0.267.